The fourth-order valence-electron chi connectivity index (χ4n) is 1.75. The van der Waals surface area contributed by atoms with Gasteiger partial charge in [-0.05, 0) is 18.2 Å². The zero-order valence-corrected chi connectivity index (χ0v) is 13.6. The van der Waals surface area contributed by atoms with E-state index in [4.69, 9.17) is 16.0 Å². The maximum atomic E-state index is 12.1. The van der Waals surface area contributed by atoms with Crippen molar-refractivity contribution in [2.45, 2.75) is 0 Å². The summed E-state index contributed by atoms with van der Waals surface area (Å²) in [7, 11) is 0. The highest BCUT2D eigenvalue weighted by molar-refractivity contribution is 9.10. The number of hydrogen-bond acceptors (Lipinski definition) is 4. The maximum Gasteiger partial charge on any atom is 0.283 e. The second-order valence-corrected chi connectivity index (χ2v) is 6.49. The molecule has 3 aromatic rings. The number of fused-ring (bicyclic) bond motifs is 1. The fraction of sp³-hybridized carbons (Fsp3) is 0. The van der Waals surface area contributed by atoms with Crippen LogP contribution < -0.4 is 5.43 Å². The molecule has 3 rings (SSSR count). The molecule has 1 amide bonds. The van der Waals surface area contributed by atoms with Crippen molar-refractivity contribution in [2.24, 2.45) is 5.10 Å². The summed E-state index contributed by atoms with van der Waals surface area (Å²) in [4.78, 5) is 12.6. The Morgan fingerprint density at radius 3 is 3.05 bits per heavy atom. The van der Waals surface area contributed by atoms with E-state index in [2.05, 4.69) is 26.5 Å². The van der Waals surface area contributed by atoms with Crippen LogP contribution in [-0.4, -0.2) is 12.1 Å². The Hall–Kier alpha value is -1.63. The van der Waals surface area contributed by atoms with Gasteiger partial charge >= 0.3 is 0 Å². The Kier molecular flexibility index (Phi) is 4.10. The van der Waals surface area contributed by atoms with E-state index in [-0.39, 0.29) is 5.91 Å². The largest absolute Gasteiger partial charge is 0.472 e. The molecule has 1 aromatic carbocycles. The number of nitrogens with zero attached hydrogens (tertiary/aromatic N) is 1. The molecule has 21 heavy (non-hydrogen) atoms. The third-order valence-electron chi connectivity index (χ3n) is 2.72. The SMILES string of the molecule is O=C(N/N=C\c1ccoc1)c1sc2cc(Br)ccc2c1Cl. The molecule has 0 atom stereocenters. The number of furan rings is 1. The van der Waals surface area contributed by atoms with Gasteiger partial charge in [0, 0.05) is 20.1 Å². The molecule has 0 saturated carbocycles. The van der Waals surface area contributed by atoms with Crippen molar-refractivity contribution in [3.05, 3.63) is 56.7 Å². The quantitative estimate of drug-likeness (QED) is 0.527. The monoisotopic (exact) mass is 382 g/mol. The molecule has 2 aromatic heterocycles. The second-order valence-electron chi connectivity index (χ2n) is 4.14. The van der Waals surface area contributed by atoms with Crippen LogP contribution in [0, 0.1) is 0 Å². The highest BCUT2D eigenvalue weighted by Crippen LogP contribution is 2.36. The third-order valence-corrected chi connectivity index (χ3v) is 4.87. The number of benzene rings is 1. The number of hydrazone groups is 1. The minimum absolute atomic E-state index is 0.336. The molecule has 0 radical (unpaired) electrons. The zero-order chi connectivity index (χ0) is 14.8. The second kappa shape index (κ2) is 6.01. The van der Waals surface area contributed by atoms with Crippen molar-refractivity contribution in [1.82, 2.24) is 5.43 Å². The topological polar surface area (TPSA) is 54.6 Å². The summed E-state index contributed by atoms with van der Waals surface area (Å²) >= 11 is 11.0. The van der Waals surface area contributed by atoms with Gasteiger partial charge in [-0.3, -0.25) is 4.79 Å². The van der Waals surface area contributed by atoms with Gasteiger partial charge in [-0.2, -0.15) is 5.10 Å². The van der Waals surface area contributed by atoms with Crippen LogP contribution in [0.15, 0.2) is 50.8 Å². The first-order valence-corrected chi connectivity index (χ1v) is 7.87. The van der Waals surface area contributed by atoms with E-state index in [1.165, 1.54) is 30.1 Å². The third kappa shape index (κ3) is 3.02. The van der Waals surface area contributed by atoms with Crippen LogP contribution in [-0.2, 0) is 0 Å². The Bertz CT molecular complexity index is 827. The van der Waals surface area contributed by atoms with E-state index in [1.807, 2.05) is 18.2 Å². The van der Waals surface area contributed by atoms with Gasteiger partial charge in [-0.15, -0.1) is 11.3 Å². The lowest BCUT2D eigenvalue weighted by Crippen LogP contribution is -2.16. The summed E-state index contributed by atoms with van der Waals surface area (Å²) in [6.45, 7) is 0. The summed E-state index contributed by atoms with van der Waals surface area (Å²) in [5.41, 5.74) is 3.22. The van der Waals surface area contributed by atoms with Gasteiger partial charge in [0.05, 0.1) is 23.8 Å². The standard InChI is InChI=1S/C14H8BrClN2O2S/c15-9-1-2-10-11(5-9)21-13(12(10)16)14(19)18-17-6-8-3-4-20-7-8/h1-7H,(H,18,19)/b17-6-. The van der Waals surface area contributed by atoms with Gasteiger partial charge in [-0.1, -0.05) is 33.6 Å². The average Bonchev–Trinajstić information content (AvgIpc) is 3.07. The molecule has 7 heteroatoms. The predicted octanol–water partition coefficient (Wildman–Crippen LogP) is 4.67. The summed E-state index contributed by atoms with van der Waals surface area (Å²) in [5.74, 6) is -0.336. The van der Waals surface area contributed by atoms with E-state index >= 15 is 0 Å². The van der Waals surface area contributed by atoms with Crippen molar-refractivity contribution >= 4 is 61.1 Å². The lowest BCUT2D eigenvalue weighted by molar-refractivity contribution is 0.0959. The van der Waals surface area contributed by atoms with Gasteiger partial charge in [0.1, 0.15) is 4.88 Å². The molecule has 0 bridgehead atoms. The molecular weight excluding hydrogens is 376 g/mol. The van der Waals surface area contributed by atoms with Gasteiger partial charge in [-0.25, -0.2) is 5.43 Å². The first kappa shape index (κ1) is 14.3. The van der Waals surface area contributed by atoms with Gasteiger partial charge in [0.15, 0.2) is 0 Å². The number of carbonyl (C=O) groups is 1. The lowest BCUT2D eigenvalue weighted by atomic mass is 10.2. The molecule has 0 aliphatic carbocycles. The minimum atomic E-state index is -0.336. The zero-order valence-electron chi connectivity index (χ0n) is 10.5. The van der Waals surface area contributed by atoms with E-state index in [9.17, 15) is 4.79 Å². The molecule has 4 nitrogen and oxygen atoms in total. The van der Waals surface area contributed by atoms with E-state index < -0.39 is 0 Å². The van der Waals surface area contributed by atoms with Crippen molar-refractivity contribution in [1.29, 1.82) is 0 Å². The molecule has 0 aliphatic rings. The van der Waals surface area contributed by atoms with Crippen LogP contribution >= 0.6 is 38.9 Å². The van der Waals surface area contributed by atoms with E-state index in [0.29, 0.717) is 9.90 Å². The lowest BCUT2D eigenvalue weighted by Gasteiger charge is -1.96. The molecule has 0 spiro atoms. The van der Waals surface area contributed by atoms with Gasteiger partial charge < -0.3 is 4.42 Å². The number of rotatable bonds is 3. The molecule has 0 aliphatic heterocycles. The predicted molar refractivity (Wildman–Crippen MR) is 88.3 cm³/mol. The normalized spacial score (nSPS) is 11.3. The van der Waals surface area contributed by atoms with Crippen molar-refractivity contribution < 1.29 is 9.21 Å². The van der Waals surface area contributed by atoms with Crippen molar-refractivity contribution in [3.63, 3.8) is 0 Å². The van der Waals surface area contributed by atoms with Crippen molar-refractivity contribution in [3.8, 4) is 0 Å². The molecule has 106 valence electrons. The number of amides is 1. The first-order chi connectivity index (χ1) is 10.1. The number of hydrogen-bond donors (Lipinski definition) is 1. The van der Waals surface area contributed by atoms with Crippen molar-refractivity contribution in [2.75, 3.05) is 0 Å². The Labute approximate surface area is 137 Å². The summed E-state index contributed by atoms with van der Waals surface area (Å²) in [5, 5.41) is 5.17. The van der Waals surface area contributed by atoms with Gasteiger partial charge in [0.25, 0.3) is 5.91 Å². The Balaban J connectivity index is 1.83. The average molecular weight is 384 g/mol. The van der Waals surface area contributed by atoms with Crippen LogP contribution in [0.25, 0.3) is 10.1 Å². The number of thiophene rings is 1. The molecule has 0 fully saturated rings. The van der Waals surface area contributed by atoms with Crippen LogP contribution in [0.1, 0.15) is 15.2 Å². The summed E-state index contributed by atoms with van der Waals surface area (Å²) < 4.78 is 6.78. The molecule has 0 saturated heterocycles. The van der Waals surface area contributed by atoms with Crippen LogP contribution in [0.4, 0.5) is 0 Å². The first-order valence-electron chi connectivity index (χ1n) is 5.88. The summed E-state index contributed by atoms with van der Waals surface area (Å²) in [6.07, 6.45) is 4.56. The number of carbonyl (C=O) groups excluding carboxylic acids is 1. The Morgan fingerprint density at radius 2 is 2.29 bits per heavy atom. The van der Waals surface area contributed by atoms with Crippen LogP contribution in [0.5, 0.6) is 0 Å². The van der Waals surface area contributed by atoms with Gasteiger partial charge in [0.2, 0.25) is 0 Å². The molecule has 1 N–H and O–H groups in total. The number of halogens is 2. The van der Waals surface area contributed by atoms with E-state index in [0.717, 1.165) is 20.1 Å². The maximum absolute atomic E-state index is 12.1. The highest BCUT2D eigenvalue weighted by atomic mass is 79.9. The van der Waals surface area contributed by atoms with Crippen LogP contribution in [0.2, 0.25) is 5.02 Å². The smallest absolute Gasteiger partial charge is 0.283 e. The fourth-order valence-corrected chi connectivity index (χ4v) is 3.71. The number of nitrogens with one attached hydrogen (secondary N) is 1. The molecular formula is C14H8BrClN2O2S. The summed E-state index contributed by atoms with van der Waals surface area (Å²) in [6, 6.07) is 7.43. The molecule has 0 unspecified atom stereocenters. The van der Waals surface area contributed by atoms with Crippen LogP contribution in [0.3, 0.4) is 0 Å². The highest BCUT2D eigenvalue weighted by Gasteiger charge is 2.16. The minimum Gasteiger partial charge on any atom is -0.472 e. The van der Waals surface area contributed by atoms with E-state index in [1.54, 1.807) is 6.07 Å². The Morgan fingerprint density at radius 1 is 1.43 bits per heavy atom. The molecule has 2 heterocycles.